The van der Waals surface area contributed by atoms with E-state index >= 15 is 0 Å². The maximum absolute atomic E-state index is 11.7. The van der Waals surface area contributed by atoms with Crippen molar-refractivity contribution in [2.24, 2.45) is 0 Å². The Morgan fingerprint density at radius 3 is 2.58 bits per heavy atom. The zero-order chi connectivity index (χ0) is 14.3. The van der Waals surface area contributed by atoms with Gasteiger partial charge in [0, 0.05) is 13.7 Å². The first kappa shape index (κ1) is 15.6. The summed E-state index contributed by atoms with van der Waals surface area (Å²) in [4.78, 5) is 0. The van der Waals surface area contributed by atoms with Gasteiger partial charge in [-0.1, -0.05) is 12.1 Å². The number of benzene rings is 1. The van der Waals surface area contributed by atoms with Crippen LogP contribution in [0.25, 0.3) is 0 Å². The van der Waals surface area contributed by atoms with Gasteiger partial charge >= 0.3 is 0 Å². The van der Waals surface area contributed by atoms with E-state index in [1.54, 1.807) is 24.3 Å². The Balaban J connectivity index is 2.56. The molecule has 0 radical (unpaired) electrons. The Morgan fingerprint density at radius 1 is 1.42 bits per heavy atom. The minimum atomic E-state index is -3.52. The second-order valence-electron chi connectivity index (χ2n) is 4.03. The highest BCUT2D eigenvalue weighted by Crippen LogP contribution is 2.07. The first-order chi connectivity index (χ1) is 8.96. The maximum Gasteiger partial charge on any atom is 0.215 e. The predicted octanol–water partition coefficient (Wildman–Crippen LogP) is -0.0150. The summed E-state index contributed by atoms with van der Waals surface area (Å²) in [5.41, 5.74) is 1.05. The third-order valence-corrected chi connectivity index (χ3v) is 3.66. The number of sulfonamides is 1. The number of ether oxygens (including phenoxy) is 1. The van der Waals surface area contributed by atoms with Crippen LogP contribution in [0.4, 0.5) is 0 Å². The average Bonchev–Trinajstić information content (AvgIpc) is 2.37. The fourth-order valence-electron chi connectivity index (χ4n) is 1.42. The first-order valence-electron chi connectivity index (χ1n) is 5.60. The summed E-state index contributed by atoms with van der Waals surface area (Å²) in [6.07, 6.45) is -0.874. The average molecular weight is 284 g/mol. The number of hydrogen-bond donors (Lipinski definition) is 2. The normalized spacial score (nSPS) is 12.9. The fraction of sp³-hybridized carbons (Fsp3) is 0.417. The van der Waals surface area contributed by atoms with Gasteiger partial charge in [0.1, 0.15) is 0 Å². The molecule has 7 heteroatoms. The van der Waals surface area contributed by atoms with Crippen molar-refractivity contribution in [2.75, 3.05) is 20.3 Å². The molecule has 2 N–H and O–H groups in total. The lowest BCUT2D eigenvalue weighted by Gasteiger charge is -2.11. The van der Waals surface area contributed by atoms with Crippen molar-refractivity contribution in [3.63, 3.8) is 0 Å². The van der Waals surface area contributed by atoms with Crippen LogP contribution < -0.4 is 4.72 Å². The monoisotopic (exact) mass is 284 g/mol. The van der Waals surface area contributed by atoms with Crippen molar-refractivity contribution in [3.05, 3.63) is 35.4 Å². The second kappa shape index (κ2) is 7.21. The number of rotatable bonds is 7. The van der Waals surface area contributed by atoms with Crippen LogP contribution in [-0.4, -0.2) is 39.9 Å². The van der Waals surface area contributed by atoms with Crippen LogP contribution in [0.5, 0.6) is 0 Å². The van der Waals surface area contributed by atoms with E-state index in [1.165, 1.54) is 7.11 Å². The van der Waals surface area contributed by atoms with Gasteiger partial charge in [-0.2, -0.15) is 5.26 Å². The van der Waals surface area contributed by atoms with Crippen LogP contribution in [0.3, 0.4) is 0 Å². The van der Waals surface area contributed by atoms with Crippen molar-refractivity contribution >= 4 is 10.0 Å². The van der Waals surface area contributed by atoms with Gasteiger partial charge in [-0.25, -0.2) is 13.1 Å². The molecule has 0 saturated heterocycles. The molecule has 1 aromatic rings. The van der Waals surface area contributed by atoms with E-state index in [1.807, 2.05) is 6.07 Å². The molecule has 1 unspecified atom stereocenters. The Morgan fingerprint density at radius 2 is 2.05 bits per heavy atom. The number of hydrogen-bond acceptors (Lipinski definition) is 5. The molecule has 0 aliphatic carbocycles. The first-order valence-corrected chi connectivity index (χ1v) is 7.25. The van der Waals surface area contributed by atoms with Crippen molar-refractivity contribution in [1.29, 1.82) is 5.26 Å². The molecular formula is C12H16N2O4S. The summed E-state index contributed by atoms with van der Waals surface area (Å²) in [6, 6.07) is 8.25. The van der Waals surface area contributed by atoms with E-state index in [4.69, 9.17) is 10.00 Å². The van der Waals surface area contributed by atoms with E-state index in [0.29, 0.717) is 11.1 Å². The number of nitrogens with zero attached hydrogens (tertiary/aromatic N) is 1. The third-order valence-electron chi connectivity index (χ3n) is 2.34. The summed E-state index contributed by atoms with van der Waals surface area (Å²) >= 11 is 0. The molecule has 0 amide bonds. The van der Waals surface area contributed by atoms with Crippen LogP contribution in [0, 0.1) is 11.3 Å². The van der Waals surface area contributed by atoms with Crippen molar-refractivity contribution in [1.82, 2.24) is 4.72 Å². The summed E-state index contributed by atoms with van der Waals surface area (Å²) in [5.74, 6) is -0.196. The molecule has 0 spiro atoms. The summed E-state index contributed by atoms with van der Waals surface area (Å²) in [6.45, 7) is -0.0220. The smallest absolute Gasteiger partial charge is 0.215 e. The van der Waals surface area contributed by atoms with E-state index in [0.717, 1.165) is 0 Å². The Labute approximate surface area is 112 Å². The zero-order valence-corrected chi connectivity index (χ0v) is 11.4. The number of aliphatic hydroxyl groups excluding tert-OH is 1. The van der Waals surface area contributed by atoms with E-state index in [-0.39, 0.29) is 18.9 Å². The van der Waals surface area contributed by atoms with E-state index in [9.17, 15) is 13.5 Å². The SMILES string of the molecule is COCC(O)CNS(=O)(=O)Cc1ccc(C#N)cc1. The molecule has 0 aliphatic rings. The third kappa shape index (κ3) is 5.81. The fourth-order valence-corrected chi connectivity index (χ4v) is 2.60. The highest BCUT2D eigenvalue weighted by Gasteiger charge is 2.13. The molecule has 104 valence electrons. The van der Waals surface area contributed by atoms with Gasteiger partial charge in [0.05, 0.1) is 30.1 Å². The highest BCUT2D eigenvalue weighted by atomic mass is 32.2. The Hall–Kier alpha value is -1.46. The summed E-state index contributed by atoms with van der Waals surface area (Å²) < 4.78 is 30.5. The highest BCUT2D eigenvalue weighted by molar-refractivity contribution is 7.88. The zero-order valence-electron chi connectivity index (χ0n) is 10.5. The Kier molecular flexibility index (Phi) is 5.92. The van der Waals surface area contributed by atoms with Crippen molar-refractivity contribution in [3.8, 4) is 6.07 Å². The predicted molar refractivity (Wildman–Crippen MR) is 69.7 cm³/mol. The molecule has 0 aliphatic heterocycles. The van der Waals surface area contributed by atoms with Crippen LogP contribution in [-0.2, 0) is 20.5 Å². The van der Waals surface area contributed by atoms with Gasteiger partial charge in [0.25, 0.3) is 0 Å². The molecule has 19 heavy (non-hydrogen) atoms. The molecule has 1 rings (SSSR count). The molecule has 0 aromatic heterocycles. The van der Waals surface area contributed by atoms with Gasteiger partial charge < -0.3 is 9.84 Å². The molecule has 0 bridgehead atoms. The molecular weight excluding hydrogens is 268 g/mol. The van der Waals surface area contributed by atoms with Crippen molar-refractivity contribution in [2.45, 2.75) is 11.9 Å². The lowest BCUT2D eigenvalue weighted by atomic mass is 10.2. The van der Waals surface area contributed by atoms with Crippen LogP contribution >= 0.6 is 0 Å². The van der Waals surface area contributed by atoms with Crippen LogP contribution in [0.1, 0.15) is 11.1 Å². The lowest BCUT2D eigenvalue weighted by molar-refractivity contribution is 0.0679. The van der Waals surface area contributed by atoms with Crippen LogP contribution in [0.2, 0.25) is 0 Å². The van der Waals surface area contributed by atoms with E-state index in [2.05, 4.69) is 4.72 Å². The van der Waals surface area contributed by atoms with Gasteiger partial charge in [-0.05, 0) is 17.7 Å². The Bertz CT molecular complexity index is 534. The van der Waals surface area contributed by atoms with Crippen molar-refractivity contribution < 1.29 is 18.3 Å². The largest absolute Gasteiger partial charge is 0.389 e. The quantitative estimate of drug-likeness (QED) is 0.733. The molecule has 0 saturated carbocycles. The van der Waals surface area contributed by atoms with E-state index < -0.39 is 16.1 Å². The van der Waals surface area contributed by atoms with Gasteiger partial charge in [0.2, 0.25) is 10.0 Å². The minimum absolute atomic E-state index is 0.0688. The van der Waals surface area contributed by atoms with Gasteiger partial charge in [-0.3, -0.25) is 0 Å². The standard InChI is InChI=1S/C12H16N2O4S/c1-18-8-12(15)7-14-19(16,17)9-11-4-2-10(6-13)3-5-11/h2-5,12,14-15H,7-9H2,1H3. The maximum atomic E-state index is 11.7. The number of nitrogens with one attached hydrogen (secondary N) is 1. The lowest BCUT2D eigenvalue weighted by Crippen LogP contribution is -2.35. The minimum Gasteiger partial charge on any atom is -0.389 e. The summed E-state index contributed by atoms with van der Waals surface area (Å²) in [7, 11) is -2.09. The number of aliphatic hydroxyl groups is 1. The second-order valence-corrected chi connectivity index (χ2v) is 5.83. The van der Waals surface area contributed by atoms with Gasteiger partial charge in [-0.15, -0.1) is 0 Å². The number of nitriles is 1. The molecule has 6 nitrogen and oxygen atoms in total. The molecule has 1 atom stereocenters. The van der Waals surface area contributed by atoms with Gasteiger partial charge in [0.15, 0.2) is 0 Å². The molecule has 1 aromatic carbocycles. The summed E-state index contributed by atoms with van der Waals surface area (Å²) in [5, 5.41) is 18.0. The van der Waals surface area contributed by atoms with Crippen LogP contribution in [0.15, 0.2) is 24.3 Å². The number of methoxy groups -OCH3 is 1. The molecule has 0 heterocycles. The topological polar surface area (TPSA) is 99.4 Å². The molecule has 0 fully saturated rings.